The van der Waals surface area contributed by atoms with Crippen LogP contribution in [0.2, 0.25) is 0 Å². The topological polar surface area (TPSA) is 92.7 Å². The van der Waals surface area contributed by atoms with E-state index >= 15 is 0 Å². The van der Waals surface area contributed by atoms with Crippen molar-refractivity contribution < 1.29 is 24.2 Å². The number of carbonyl (C=O) groups is 3. The average molecular weight is 413 g/mol. The number of nitrogens with one attached hydrogen (secondary N) is 1. The summed E-state index contributed by atoms with van der Waals surface area (Å²) in [6, 6.07) is 7.76. The van der Waals surface area contributed by atoms with Crippen molar-refractivity contribution >= 4 is 34.2 Å². The zero-order chi connectivity index (χ0) is 20.7. The van der Waals surface area contributed by atoms with Crippen molar-refractivity contribution in [1.82, 2.24) is 0 Å². The highest BCUT2D eigenvalue weighted by Crippen LogP contribution is 2.53. The molecule has 2 N–H and O–H groups in total. The molecule has 2 aliphatic carbocycles. The summed E-state index contributed by atoms with van der Waals surface area (Å²) in [5.41, 5.74) is 2.93. The first kappa shape index (κ1) is 19.6. The van der Waals surface area contributed by atoms with Gasteiger partial charge in [0.25, 0.3) is 0 Å². The summed E-state index contributed by atoms with van der Waals surface area (Å²) < 4.78 is 4.97. The predicted octanol–water partition coefficient (Wildman–Crippen LogP) is 4.20. The fraction of sp³-hybridized carbons (Fsp3) is 0.409. The number of thiophene rings is 1. The van der Waals surface area contributed by atoms with Gasteiger partial charge in [0.1, 0.15) is 10.6 Å². The summed E-state index contributed by atoms with van der Waals surface area (Å²) in [4.78, 5) is 37.3. The van der Waals surface area contributed by atoms with Crippen LogP contribution in [0.3, 0.4) is 0 Å². The number of hydrogen-bond donors (Lipinski definition) is 2. The Kier molecular flexibility index (Phi) is 5.17. The number of methoxy groups -OCH3 is 1. The van der Waals surface area contributed by atoms with E-state index < -0.39 is 23.8 Å². The average Bonchev–Trinajstić information content (AvgIpc) is 3.41. The molecular weight excluding hydrogens is 390 g/mol. The number of carboxylic acid groups (broad SMARTS) is 1. The number of esters is 1. The van der Waals surface area contributed by atoms with Gasteiger partial charge >= 0.3 is 11.9 Å². The van der Waals surface area contributed by atoms with Crippen molar-refractivity contribution in [2.45, 2.75) is 26.2 Å². The van der Waals surface area contributed by atoms with Gasteiger partial charge < -0.3 is 15.2 Å². The summed E-state index contributed by atoms with van der Waals surface area (Å²) in [6.45, 7) is 1.97. The summed E-state index contributed by atoms with van der Waals surface area (Å²) >= 11 is 1.26. The molecule has 0 spiro atoms. The number of aliphatic carboxylic acids is 1. The van der Waals surface area contributed by atoms with Crippen LogP contribution in [0.25, 0.3) is 11.1 Å². The van der Waals surface area contributed by atoms with Gasteiger partial charge in [-0.25, -0.2) is 4.79 Å². The van der Waals surface area contributed by atoms with E-state index in [1.165, 1.54) is 18.4 Å². The SMILES string of the molecule is COC(=O)c1c(-c2cccc(C)c2)csc1NC(=O)[C@H]1[C@H]2CC[C@@H](C2)[C@H]1C(=O)O. The number of fused-ring (bicyclic) bond motifs is 2. The maximum absolute atomic E-state index is 13.1. The number of rotatable bonds is 5. The molecule has 0 aliphatic heterocycles. The number of hydrogen-bond acceptors (Lipinski definition) is 5. The highest BCUT2D eigenvalue weighted by molar-refractivity contribution is 7.15. The van der Waals surface area contributed by atoms with Crippen LogP contribution in [0.1, 0.15) is 35.2 Å². The van der Waals surface area contributed by atoms with Crippen LogP contribution in [0.4, 0.5) is 5.00 Å². The smallest absolute Gasteiger partial charge is 0.341 e. The second-order valence-electron chi connectivity index (χ2n) is 7.93. The number of carboxylic acids is 1. The largest absolute Gasteiger partial charge is 0.481 e. The van der Waals surface area contributed by atoms with Crippen LogP contribution in [0.5, 0.6) is 0 Å². The Morgan fingerprint density at radius 1 is 1.17 bits per heavy atom. The molecule has 4 rings (SSSR count). The van der Waals surface area contributed by atoms with Crippen molar-refractivity contribution in [2.75, 3.05) is 12.4 Å². The minimum Gasteiger partial charge on any atom is -0.481 e. The van der Waals surface area contributed by atoms with E-state index in [1.807, 2.05) is 36.6 Å². The van der Waals surface area contributed by atoms with E-state index in [4.69, 9.17) is 4.74 Å². The lowest BCUT2D eigenvalue weighted by molar-refractivity contribution is -0.148. The standard InChI is InChI=1S/C22H23NO5S/c1-11-4-3-5-12(8-11)15-10-29-20(18(15)22(27)28-2)23-19(24)16-13-6-7-14(9-13)17(16)21(25)26/h3-5,8,10,13-14,16-17H,6-7,9H2,1-2H3,(H,23,24)(H,25,26)/t13-,14-,16-,17+/m0/s1. The minimum atomic E-state index is -0.905. The van der Waals surface area contributed by atoms with E-state index in [-0.39, 0.29) is 17.7 Å². The van der Waals surface area contributed by atoms with Gasteiger partial charge in [-0.3, -0.25) is 9.59 Å². The van der Waals surface area contributed by atoms with Gasteiger partial charge in [-0.15, -0.1) is 11.3 Å². The van der Waals surface area contributed by atoms with Gasteiger partial charge in [-0.05, 0) is 43.6 Å². The lowest BCUT2D eigenvalue weighted by Gasteiger charge is -2.26. The Morgan fingerprint density at radius 2 is 1.90 bits per heavy atom. The van der Waals surface area contributed by atoms with Crippen LogP contribution < -0.4 is 5.32 Å². The molecule has 152 valence electrons. The molecule has 2 fully saturated rings. The van der Waals surface area contributed by atoms with Crippen molar-refractivity contribution in [3.8, 4) is 11.1 Å². The Labute approximate surface area is 172 Å². The zero-order valence-electron chi connectivity index (χ0n) is 16.3. The number of amides is 1. The number of benzene rings is 1. The van der Waals surface area contributed by atoms with Gasteiger partial charge in [0.05, 0.1) is 18.9 Å². The molecular formula is C22H23NO5S. The quantitative estimate of drug-likeness (QED) is 0.717. The monoisotopic (exact) mass is 413 g/mol. The maximum atomic E-state index is 13.1. The number of aryl methyl sites for hydroxylation is 1. The van der Waals surface area contributed by atoms with Crippen LogP contribution in [0, 0.1) is 30.6 Å². The molecule has 1 aromatic carbocycles. The molecule has 0 radical (unpaired) electrons. The highest BCUT2D eigenvalue weighted by atomic mass is 32.1. The molecule has 29 heavy (non-hydrogen) atoms. The fourth-order valence-electron chi connectivity index (χ4n) is 5.00. The third kappa shape index (κ3) is 3.44. The first-order chi connectivity index (χ1) is 13.9. The zero-order valence-corrected chi connectivity index (χ0v) is 17.1. The minimum absolute atomic E-state index is 0.0690. The van der Waals surface area contributed by atoms with Crippen LogP contribution in [-0.4, -0.2) is 30.1 Å². The summed E-state index contributed by atoms with van der Waals surface area (Å²) in [5, 5.41) is 14.7. The summed E-state index contributed by atoms with van der Waals surface area (Å²) in [6.07, 6.45) is 2.54. The molecule has 2 aromatic rings. The van der Waals surface area contributed by atoms with Gasteiger partial charge in [0.2, 0.25) is 5.91 Å². The van der Waals surface area contributed by atoms with Crippen LogP contribution in [0.15, 0.2) is 29.6 Å². The van der Waals surface area contributed by atoms with Crippen molar-refractivity contribution in [3.05, 3.63) is 40.8 Å². The predicted molar refractivity (Wildman–Crippen MR) is 110 cm³/mol. The fourth-order valence-corrected chi connectivity index (χ4v) is 5.96. The third-order valence-electron chi connectivity index (χ3n) is 6.25. The van der Waals surface area contributed by atoms with E-state index in [2.05, 4.69) is 5.32 Å². The van der Waals surface area contributed by atoms with E-state index in [9.17, 15) is 19.5 Å². The molecule has 0 unspecified atom stereocenters. The molecule has 1 amide bonds. The van der Waals surface area contributed by atoms with Gasteiger partial charge in [0, 0.05) is 10.9 Å². The molecule has 0 saturated heterocycles. The van der Waals surface area contributed by atoms with Gasteiger partial charge in [-0.2, -0.15) is 0 Å². The van der Waals surface area contributed by atoms with Crippen LogP contribution >= 0.6 is 11.3 Å². The molecule has 2 bridgehead atoms. The molecule has 2 aliphatic rings. The summed E-state index contributed by atoms with van der Waals surface area (Å²) in [7, 11) is 1.31. The number of carbonyl (C=O) groups excluding carboxylic acids is 2. The Hall–Kier alpha value is -2.67. The van der Waals surface area contributed by atoms with Crippen molar-refractivity contribution in [1.29, 1.82) is 0 Å². The van der Waals surface area contributed by atoms with Crippen LogP contribution in [-0.2, 0) is 14.3 Å². The lowest BCUT2D eigenvalue weighted by Crippen LogP contribution is -2.37. The van der Waals surface area contributed by atoms with Gasteiger partial charge in [-0.1, -0.05) is 29.8 Å². The van der Waals surface area contributed by atoms with Gasteiger partial charge in [0.15, 0.2) is 0 Å². The Morgan fingerprint density at radius 3 is 2.55 bits per heavy atom. The molecule has 2 saturated carbocycles. The number of anilines is 1. The Balaban J connectivity index is 1.66. The maximum Gasteiger partial charge on any atom is 0.341 e. The third-order valence-corrected chi connectivity index (χ3v) is 7.15. The highest BCUT2D eigenvalue weighted by Gasteiger charge is 2.54. The first-order valence-electron chi connectivity index (χ1n) is 9.71. The van der Waals surface area contributed by atoms with E-state index in [0.717, 1.165) is 30.4 Å². The van der Waals surface area contributed by atoms with Crippen molar-refractivity contribution in [3.63, 3.8) is 0 Å². The second-order valence-corrected chi connectivity index (χ2v) is 8.81. The molecule has 4 atom stereocenters. The number of ether oxygens (including phenoxy) is 1. The first-order valence-corrected chi connectivity index (χ1v) is 10.6. The normalized spacial score (nSPS) is 25.0. The summed E-state index contributed by atoms with van der Waals surface area (Å²) in [5.74, 6) is -2.78. The van der Waals surface area contributed by atoms with Crippen molar-refractivity contribution in [2.24, 2.45) is 23.7 Å². The van der Waals surface area contributed by atoms with E-state index in [1.54, 1.807) is 0 Å². The lowest BCUT2D eigenvalue weighted by atomic mass is 9.78. The molecule has 1 aromatic heterocycles. The Bertz CT molecular complexity index is 981. The molecule has 6 nitrogen and oxygen atoms in total. The molecule has 7 heteroatoms. The molecule has 1 heterocycles. The van der Waals surface area contributed by atoms with E-state index in [0.29, 0.717) is 16.1 Å². The second kappa shape index (κ2) is 7.63.